The Hall–Kier alpha value is -6.12. The van der Waals surface area contributed by atoms with Crippen LogP contribution in [0.5, 0.6) is 0 Å². The van der Waals surface area contributed by atoms with E-state index in [4.69, 9.17) is 4.42 Å². The van der Waals surface area contributed by atoms with Crippen molar-refractivity contribution in [3.8, 4) is 22.3 Å². The molecular weight excluding hydrogens is 595 g/mol. The molecule has 0 amide bonds. The van der Waals surface area contributed by atoms with E-state index in [1.807, 2.05) is 12.1 Å². The molecule has 8 aromatic carbocycles. The summed E-state index contributed by atoms with van der Waals surface area (Å²) in [5, 5.41) is 7.15. The summed E-state index contributed by atoms with van der Waals surface area (Å²) in [4.78, 5) is 2.43. The lowest BCUT2D eigenvalue weighted by molar-refractivity contribution is 0.660. The van der Waals surface area contributed by atoms with Crippen molar-refractivity contribution < 1.29 is 4.42 Å². The van der Waals surface area contributed by atoms with Crippen LogP contribution < -0.4 is 4.90 Å². The van der Waals surface area contributed by atoms with Gasteiger partial charge in [-0.05, 0) is 104 Å². The van der Waals surface area contributed by atoms with Crippen LogP contribution in [0.4, 0.5) is 17.1 Å². The minimum absolute atomic E-state index is 0.0934. The summed E-state index contributed by atoms with van der Waals surface area (Å²) in [7, 11) is 0. The third-order valence-electron chi connectivity index (χ3n) is 10.6. The smallest absolute Gasteiger partial charge is 0.136 e. The standard InChI is InChI=1S/C47H33NO/c1-47(2)41-14-7-5-13-39(41)46-42(47)15-9-16-43(46)48(36-23-20-31(21-24-36)33-19-18-30-10-3-4-11-32(30)26-33)37-25-22-34-28-40-38-12-6-8-17-44(38)49-45(40)29-35(34)27-37/h3-29H,1-2H3. The van der Waals surface area contributed by atoms with Gasteiger partial charge in [-0.25, -0.2) is 0 Å². The van der Waals surface area contributed by atoms with Crippen molar-refractivity contribution >= 4 is 60.5 Å². The molecule has 10 rings (SSSR count). The van der Waals surface area contributed by atoms with E-state index in [0.717, 1.165) is 38.7 Å². The van der Waals surface area contributed by atoms with Gasteiger partial charge in [-0.15, -0.1) is 0 Å². The van der Waals surface area contributed by atoms with E-state index in [1.165, 1.54) is 55.2 Å². The Balaban J connectivity index is 1.17. The Morgan fingerprint density at radius 3 is 2.04 bits per heavy atom. The molecule has 0 bridgehead atoms. The van der Waals surface area contributed by atoms with Crippen molar-refractivity contribution in [1.82, 2.24) is 0 Å². The first kappa shape index (κ1) is 27.9. The topological polar surface area (TPSA) is 16.4 Å². The highest BCUT2D eigenvalue weighted by Crippen LogP contribution is 2.54. The molecule has 1 aliphatic rings. The van der Waals surface area contributed by atoms with Crippen LogP contribution in [-0.2, 0) is 5.41 Å². The molecule has 0 spiro atoms. The molecule has 9 aromatic rings. The van der Waals surface area contributed by atoms with Gasteiger partial charge in [-0.2, -0.15) is 0 Å². The molecule has 1 heterocycles. The molecular formula is C47H33NO. The van der Waals surface area contributed by atoms with Gasteiger partial charge in [0.15, 0.2) is 0 Å². The molecule has 49 heavy (non-hydrogen) atoms. The maximum atomic E-state index is 6.32. The Kier molecular flexibility index (Phi) is 5.95. The number of benzene rings is 8. The van der Waals surface area contributed by atoms with E-state index < -0.39 is 0 Å². The monoisotopic (exact) mass is 627 g/mol. The second-order valence-electron chi connectivity index (χ2n) is 13.8. The summed E-state index contributed by atoms with van der Waals surface area (Å²) in [6.45, 7) is 4.69. The second-order valence-corrected chi connectivity index (χ2v) is 13.8. The van der Waals surface area contributed by atoms with E-state index in [0.29, 0.717) is 0 Å². The van der Waals surface area contributed by atoms with Crippen LogP contribution in [0.15, 0.2) is 168 Å². The molecule has 0 saturated heterocycles. The summed E-state index contributed by atoms with van der Waals surface area (Å²) in [5.41, 5.74) is 12.9. The van der Waals surface area contributed by atoms with Crippen molar-refractivity contribution in [2.24, 2.45) is 0 Å². The van der Waals surface area contributed by atoms with E-state index in [1.54, 1.807) is 0 Å². The molecule has 2 nitrogen and oxygen atoms in total. The summed E-state index contributed by atoms with van der Waals surface area (Å²) in [5.74, 6) is 0. The van der Waals surface area contributed by atoms with Crippen LogP contribution in [0.25, 0.3) is 65.7 Å². The average molecular weight is 628 g/mol. The van der Waals surface area contributed by atoms with Crippen LogP contribution in [0.2, 0.25) is 0 Å². The van der Waals surface area contributed by atoms with Crippen molar-refractivity contribution in [1.29, 1.82) is 0 Å². The fourth-order valence-electron chi connectivity index (χ4n) is 8.12. The van der Waals surface area contributed by atoms with Crippen LogP contribution in [0, 0.1) is 0 Å². The number of fused-ring (bicyclic) bond motifs is 8. The summed E-state index contributed by atoms with van der Waals surface area (Å²) in [6.07, 6.45) is 0. The molecule has 0 fully saturated rings. The molecule has 0 N–H and O–H groups in total. The van der Waals surface area contributed by atoms with E-state index in [9.17, 15) is 0 Å². The van der Waals surface area contributed by atoms with Crippen molar-refractivity contribution in [2.45, 2.75) is 19.3 Å². The quantitative estimate of drug-likeness (QED) is 0.193. The van der Waals surface area contributed by atoms with Gasteiger partial charge in [0.2, 0.25) is 0 Å². The molecule has 0 unspecified atom stereocenters. The predicted octanol–water partition coefficient (Wildman–Crippen LogP) is 13.3. The Bertz CT molecular complexity index is 2750. The molecule has 0 atom stereocenters. The SMILES string of the molecule is CC1(C)c2ccccc2-c2c(N(c3ccc(-c4ccc5ccccc5c4)cc3)c3ccc4cc5c(cc4c3)oc3ccccc35)cccc21. The first-order chi connectivity index (χ1) is 24.0. The molecule has 0 aliphatic heterocycles. The first-order valence-electron chi connectivity index (χ1n) is 17.0. The van der Waals surface area contributed by atoms with Gasteiger partial charge in [0.1, 0.15) is 11.2 Å². The maximum Gasteiger partial charge on any atom is 0.136 e. The predicted molar refractivity (Wildman–Crippen MR) is 206 cm³/mol. The van der Waals surface area contributed by atoms with E-state index in [2.05, 4.69) is 170 Å². The number of anilines is 3. The fraction of sp³-hybridized carbons (Fsp3) is 0.0638. The van der Waals surface area contributed by atoms with Gasteiger partial charge in [0.25, 0.3) is 0 Å². The molecule has 232 valence electrons. The van der Waals surface area contributed by atoms with Gasteiger partial charge in [-0.1, -0.05) is 123 Å². The highest BCUT2D eigenvalue weighted by Gasteiger charge is 2.37. The van der Waals surface area contributed by atoms with Crippen LogP contribution >= 0.6 is 0 Å². The second kappa shape index (κ2) is 10.4. The highest BCUT2D eigenvalue weighted by molar-refractivity contribution is 6.10. The van der Waals surface area contributed by atoms with Gasteiger partial charge in [0, 0.05) is 33.1 Å². The third-order valence-corrected chi connectivity index (χ3v) is 10.6. The average Bonchev–Trinajstić information content (AvgIpc) is 3.62. The van der Waals surface area contributed by atoms with Gasteiger partial charge in [0.05, 0.1) is 5.69 Å². The lowest BCUT2D eigenvalue weighted by Crippen LogP contribution is -2.16. The first-order valence-corrected chi connectivity index (χ1v) is 17.0. The molecule has 0 saturated carbocycles. The zero-order valence-corrected chi connectivity index (χ0v) is 27.4. The van der Waals surface area contributed by atoms with Crippen LogP contribution in [0.3, 0.4) is 0 Å². The number of rotatable bonds is 4. The number of furan rings is 1. The van der Waals surface area contributed by atoms with Crippen molar-refractivity contribution in [3.63, 3.8) is 0 Å². The number of nitrogens with zero attached hydrogens (tertiary/aromatic N) is 1. The minimum atomic E-state index is -0.0934. The summed E-state index contributed by atoms with van der Waals surface area (Å²) in [6, 6.07) is 59.6. The molecule has 1 aromatic heterocycles. The molecule has 1 aliphatic carbocycles. The normalized spacial score (nSPS) is 13.3. The molecule has 0 radical (unpaired) electrons. The third kappa shape index (κ3) is 4.27. The highest BCUT2D eigenvalue weighted by atomic mass is 16.3. The Labute approximate surface area is 285 Å². The zero-order valence-electron chi connectivity index (χ0n) is 27.4. The Morgan fingerprint density at radius 1 is 0.449 bits per heavy atom. The fourth-order valence-corrected chi connectivity index (χ4v) is 8.12. The lowest BCUT2D eigenvalue weighted by atomic mass is 9.82. The number of hydrogen-bond donors (Lipinski definition) is 0. The lowest BCUT2D eigenvalue weighted by Gasteiger charge is -2.29. The van der Waals surface area contributed by atoms with Gasteiger partial charge >= 0.3 is 0 Å². The Morgan fingerprint density at radius 2 is 1.14 bits per heavy atom. The number of para-hydroxylation sites is 1. The molecule has 2 heteroatoms. The van der Waals surface area contributed by atoms with Crippen molar-refractivity contribution in [3.05, 3.63) is 175 Å². The maximum absolute atomic E-state index is 6.32. The van der Waals surface area contributed by atoms with Crippen molar-refractivity contribution in [2.75, 3.05) is 4.90 Å². The van der Waals surface area contributed by atoms with Gasteiger partial charge in [-0.3, -0.25) is 0 Å². The van der Waals surface area contributed by atoms with Crippen LogP contribution in [-0.4, -0.2) is 0 Å². The van der Waals surface area contributed by atoms with Gasteiger partial charge < -0.3 is 9.32 Å². The van der Waals surface area contributed by atoms with E-state index >= 15 is 0 Å². The summed E-state index contributed by atoms with van der Waals surface area (Å²) < 4.78 is 6.32. The number of hydrogen-bond acceptors (Lipinski definition) is 2. The minimum Gasteiger partial charge on any atom is -0.456 e. The largest absolute Gasteiger partial charge is 0.456 e. The zero-order chi connectivity index (χ0) is 32.7. The summed E-state index contributed by atoms with van der Waals surface area (Å²) >= 11 is 0. The van der Waals surface area contributed by atoms with E-state index in [-0.39, 0.29) is 5.41 Å². The van der Waals surface area contributed by atoms with Crippen LogP contribution in [0.1, 0.15) is 25.0 Å².